The van der Waals surface area contributed by atoms with Gasteiger partial charge in [0.15, 0.2) is 23.1 Å². The lowest BCUT2D eigenvalue weighted by Crippen LogP contribution is -2.34. The first kappa shape index (κ1) is 63.3. The number of nitriles is 2. The molecule has 0 spiro atoms. The highest BCUT2D eigenvalue weighted by atomic mass is 35.5. The number of hydrogen-bond acceptors (Lipinski definition) is 11. The summed E-state index contributed by atoms with van der Waals surface area (Å²) in [4.78, 5) is 48.8. The minimum Gasteiger partial charge on any atom is -0.454 e. The summed E-state index contributed by atoms with van der Waals surface area (Å²) in [7, 11) is 0. The molecule has 13 nitrogen and oxygen atoms in total. The number of para-hydroxylation sites is 2. The summed E-state index contributed by atoms with van der Waals surface area (Å²) in [5, 5.41) is 23.5. The van der Waals surface area contributed by atoms with Gasteiger partial charge in [0, 0.05) is 16.8 Å². The topological polar surface area (TPSA) is 186 Å². The van der Waals surface area contributed by atoms with Crippen LogP contribution in [0.15, 0.2) is 167 Å². The van der Waals surface area contributed by atoms with Crippen LogP contribution < -0.4 is 24.8 Å². The number of carbonyl (C=O) groups is 4. The maximum Gasteiger partial charge on any atom is 0.573 e. The van der Waals surface area contributed by atoms with Crippen molar-refractivity contribution in [2.45, 2.75) is 46.3 Å². The largest absolute Gasteiger partial charge is 0.573 e. The second kappa shape index (κ2) is 27.8. The van der Waals surface area contributed by atoms with Crippen LogP contribution in [0.1, 0.15) is 61.4 Å². The summed E-state index contributed by atoms with van der Waals surface area (Å²) in [5.41, 5.74) is 0.160. The van der Waals surface area contributed by atoms with Gasteiger partial charge < -0.3 is 29.0 Å². The van der Waals surface area contributed by atoms with Crippen LogP contribution >= 0.6 is 58.0 Å². The van der Waals surface area contributed by atoms with Gasteiger partial charge in [0.25, 0.3) is 5.91 Å². The molecule has 0 bridgehead atoms. The Hall–Kier alpha value is -7.84. The minimum absolute atomic E-state index is 0.0634. The number of amides is 3. The van der Waals surface area contributed by atoms with Crippen molar-refractivity contribution in [3.63, 3.8) is 0 Å². The molecule has 2 aliphatic carbocycles. The molecule has 23 heteroatoms. The first-order chi connectivity index (χ1) is 38.7. The third-order valence-corrected chi connectivity index (χ3v) is 13.6. The molecule has 6 aromatic rings. The van der Waals surface area contributed by atoms with Gasteiger partial charge in [0.2, 0.25) is 12.2 Å². The van der Waals surface area contributed by atoms with E-state index in [4.69, 9.17) is 77.0 Å². The Balaban J connectivity index is 0.000000199. The predicted octanol–water partition coefficient (Wildman–Crippen LogP) is 16.8. The van der Waals surface area contributed by atoms with E-state index in [0.29, 0.717) is 22.6 Å². The van der Waals surface area contributed by atoms with Crippen LogP contribution in [-0.2, 0) is 19.1 Å². The number of carbonyl (C=O) groups excluding carboxylic acids is 4. The molecule has 0 aromatic heterocycles. The highest BCUT2D eigenvalue weighted by molar-refractivity contribution is 6.56. The number of esters is 2. The van der Waals surface area contributed by atoms with Crippen LogP contribution in [0.2, 0.25) is 5.02 Å². The number of hydrogen-bond donors (Lipinski definition) is 2. The molecule has 2 aliphatic rings. The van der Waals surface area contributed by atoms with Gasteiger partial charge in [-0.2, -0.15) is 10.5 Å². The zero-order chi connectivity index (χ0) is 60.1. The zero-order valence-corrected chi connectivity index (χ0v) is 47.1. The molecule has 6 atom stereocenters. The highest BCUT2D eigenvalue weighted by Crippen LogP contribution is 2.61. The van der Waals surface area contributed by atoms with Crippen molar-refractivity contribution in [3.8, 4) is 40.9 Å². The van der Waals surface area contributed by atoms with Gasteiger partial charge >= 0.3 is 24.3 Å². The molecule has 0 aliphatic heterocycles. The molecule has 2 saturated carbocycles. The van der Waals surface area contributed by atoms with Gasteiger partial charge in [-0.3, -0.25) is 19.7 Å². The van der Waals surface area contributed by atoms with Gasteiger partial charge in [0.1, 0.15) is 38.4 Å². The molecule has 82 heavy (non-hydrogen) atoms. The van der Waals surface area contributed by atoms with Gasteiger partial charge in [-0.25, -0.2) is 13.6 Å². The van der Waals surface area contributed by atoms with Crippen LogP contribution in [0, 0.1) is 68.8 Å². The fourth-order valence-electron chi connectivity index (χ4n) is 8.34. The number of imide groups is 1. The number of nitrogens with one attached hydrogen (secondary N) is 2. The lowest BCUT2D eigenvalue weighted by Gasteiger charge is -2.14. The first-order valence-corrected chi connectivity index (χ1v) is 26.1. The number of anilines is 1. The third kappa shape index (κ3) is 17.6. The smallest absolute Gasteiger partial charge is 0.454 e. The molecule has 3 amide bonds. The normalized spacial score (nSPS) is 17.4. The Kier molecular flexibility index (Phi) is 21.4. The van der Waals surface area contributed by atoms with Crippen molar-refractivity contribution in [1.82, 2.24) is 5.32 Å². The van der Waals surface area contributed by atoms with Crippen molar-refractivity contribution < 1.29 is 64.8 Å². The number of ether oxygens (including phenoxy) is 5. The Morgan fingerprint density at radius 1 is 0.598 bits per heavy atom. The van der Waals surface area contributed by atoms with E-state index in [2.05, 4.69) is 15.4 Å². The maximum atomic E-state index is 14.2. The standard InChI is InChI=1S/2C22H18Cl2FNO3.C15H10ClF3N2O3/c2*1-22(2)15(11-19(23)24)20(22)21(27)29-18(12-26)13-8-9-16(25)17(10-13)28-14-6-4-3-5-7-14;16-12-4-2-1-3-11(12)13(22)21-14(23)20-9-5-7-10(8-6-9)24-15(17,18)19/h2*3-11,15,18,20H,1-2H3;1-8H,(H2,20,21,22,23)/t15-,18+,20+;15-,18+,20-;/m11./s1. The van der Waals surface area contributed by atoms with Gasteiger partial charge in [-0.1, -0.05) is 146 Å². The Labute approximate surface area is 492 Å². The monoisotopic (exact) mass is 1220 g/mol. The van der Waals surface area contributed by atoms with E-state index < -0.39 is 71.7 Å². The number of benzene rings is 6. The minimum atomic E-state index is -4.80. The van der Waals surface area contributed by atoms with E-state index >= 15 is 0 Å². The van der Waals surface area contributed by atoms with E-state index in [-0.39, 0.29) is 59.4 Å². The molecule has 0 heterocycles. The first-order valence-electron chi connectivity index (χ1n) is 24.3. The van der Waals surface area contributed by atoms with Crippen molar-refractivity contribution >= 4 is 87.6 Å². The molecule has 0 unspecified atom stereocenters. The Morgan fingerprint density at radius 3 is 1.40 bits per heavy atom. The van der Waals surface area contributed by atoms with Crippen molar-refractivity contribution in [3.05, 3.63) is 200 Å². The number of urea groups is 1. The molecular formula is C59H46Cl5F5N4O9. The maximum absolute atomic E-state index is 14.2. The average molecular weight is 1230 g/mol. The third-order valence-electron chi connectivity index (χ3n) is 12.8. The van der Waals surface area contributed by atoms with E-state index in [1.54, 1.807) is 72.8 Å². The van der Waals surface area contributed by atoms with E-state index in [0.717, 1.165) is 12.1 Å². The van der Waals surface area contributed by atoms with Crippen LogP contribution in [0.4, 0.5) is 32.4 Å². The van der Waals surface area contributed by atoms with Gasteiger partial charge in [-0.05, 0) is 120 Å². The second-order valence-corrected chi connectivity index (χ2v) is 21.5. The van der Waals surface area contributed by atoms with Crippen molar-refractivity contribution in [2.24, 2.45) is 34.5 Å². The van der Waals surface area contributed by atoms with Crippen LogP contribution in [0.25, 0.3) is 0 Å². The van der Waals surface area contributed by atoms with Crippen LogP contribution in [0.5, 0.6) is 28.7 Å². The predicted molar refractivity (Wildman–Crippen MR) is 297 cm³/mol. The summed E-state index contributed by atoms with van der Waals surface area (Å²) in [6, 6.07) is 38.8. The van der Waals surface area contributed by atoms with Crippen molar-refractivity contribution in [1.29, 1.82) is 10.5 Å². The summed E-state index contributed by atoms with van der Waals surface area (Å²) in [6.07, 6.45) is -4.00. The molecule has 8 rings (SSSR count). The van der Waals surface area contributed by atoms with Gasteiger partial charge in [-0.15, -0.1) is 13.2 Å². The lowest BCUT2D eigenvalue weighted by atomic mass is 10.1. The van der Waals surface area contributed by atoms with E-state index in [1.165, 1.54) is 60.7 Å². The molecule has 2 fully saturated rings. The number of rotatable bonds is 15. The number of halogens is 10. The van der Waals surface area contributed by atoms with Gasteiger partial charge in [0.05, 0.1) is 22.4 Å². The number of alkyl halides is 3. The summed E-state index contributed by atoms with van der Waals surface area (Å²) in [5.74, 6) is -3.92. The summed E-state index contributed by atoms with van der Waals surface area (Å²) >= 11 is 28.7. The molecule has 0 radical (unpaired) electrons. The zero-order valence-electron chi connectivity index (χ0n) is 43.3. The summed E-state index contributed by atoms with van der Waals surface area (Å²) < 4.78 is 90.2. The number of nitrogens with zero attached hydrogens (tertiary/aromatic N) is 2. The molecule has 6 aromatic carbocycles. The SMILES string of the molecule is CC1(C)[C@H](C=C(Cl)Cl)[C@@H]1C(=O)O[C@@H](C#N)c1ccc(F)c(Oc2ccccc2)c1.CC1(C)[C@H](C=C(Cl)Cl)[C@H]1C(=O)O[C@@H](C#N)c1ccc(F)c(Oc2ccccc2)c1.O=C(NC(=O)c1ccccc1Cl)Nc1ccc(OC(F)(F)F)cc1. The molecule has 2 N–H and O–H groups in total. The fraction of sp³-hybridized carbons (Fsp3) is 0.220. The average Bonchev–Trinajstić information content (AvgIpc) is 4.39. The highest BCUT2D eigenvalue weighted by Gasteiger charge is 2.63. The molecule has 0 saturated heterocycles. The number of allylic oxidation sites excluding steroid dienone is 2. The lowest BCUT2D eigenvalue weighted by molar-refractivity contribution is -0.274. The molecular weight excluding hydrogens is 1180 g/mol. The van der Waals surface area contributed by atoms with Crippen LogP contribution in [0.3, 0.4) is 0 Å². The van der Waals surface area contributed by atoms with Crippen LogP contribution in [-0.4, -0.2) is 30.2 Å². The fourth-order valence-corrected chi connectivity index (χ4v) is 9.10. The Morgan fingerprint density at radius 2 is 1.01 bits per heavy atom. The second-order valence-electron chi connectivity index (χ2n) is 19.1. The summed E-state index contributed by atoms with van der Waals surface area (Å²) in [6.45, 7) is 7.56. The van der Waals surface area contributed by atoms with Crippen molar-refractivity contribution in [2.75, 3.05) is 5.32 Å². The quantitative estimate of drug-likeness (QED) is 0.0736. The molecule has 426 valence electrons. The Bertz CT molecular complexity index is 3260. The van der Waals surface area contributed by atoms with E-state index in [1.807, 2.05) is 52.0 Å². The van der Waals surface area contributed by atoms with E-state index in [9.17, 15) is 51.7 Å².